The number of carbonyl (C=O) groups excluding carboxylic acids is 1. The normalized spacial score (nSPS) is 14.3. The van der Waals surface area contributed by atoms with E-state index in [0.717, 1.165) is 0 Å². The van der Waals surface area contributed by atoms with Gasteiger partial charge in [0.05, 0.1) is 0 Å². The van der Waals surface area contributed by atoms with Crippen LogP contribution in [-0.4, -0.2) is 40.0 Å². The van der Waals surface area contributed by atoms with Gasteiger partial charge in [0.2, 0.25) is 5.91 Å². The van der Waals surface area contributed by atoms with Gasteiger partial charge in [0.1, 0.15) is 5.54 Å². The lowest BCUT2D eigenvalue weighted by atomic mass is 9.94. The Balaban J connectivity index is 4.51. The van der Waals surface area contributed by atoms with Crippen molar-refractivity contribution in [3.63, 3.8) is 0 Å². The summed E-state index contributed by atoms with van der Waals surface area (Å²) in [5, 5.41) is 20.1. The minimum Gasteiger partial charge on any atom is -0.479 e. The highest BCUT2D eigenvalue weighted by Crippen LogP contribution is 2.17. The molecular weight excluding hydrogens is 218 g/mol. The number of unbranched alkanes of at least 4 members (excludes halogenated alkanes) is 1. The smallest absolute Gasteiger partial charge is 0.330 e. The molecule has 0 aliphatic heterocycles. The van der Waals surface area contributed by atoms with Crippen molar-refractivity contribution in [1.29, 1.82) is 0 Å². The van der Waals surface area contributed by atoms with E-state index in [9.17, 15) is 9.59 Å². The van der Waals surface area contributed by atoms with Crippen molar-refractivity contribution in [2.24, 2.45) is 0 Å². The van der Waals surface area contributed by atoms with Crippen LogP contribution in [0.15, 0.2) is 0 Å². The Morgan fingerprint density at radius 2 is 2.00 bits per heavy atom. The van der Waals surface area contributed by atoms with Crippen LogP contribution in [0.25, 0.3) is 0 Å². The van der Waals surface area contributed by atoms with Gasteiger partial charge in [-0.1, -0.05) is 0 Å². The summed E-state index contributed by atoms with van der Waals surface area (Å²) >= 11 is 3.96. The Morgan fingerprint density at radius 3 is 2.33 bits per heavy atom. The molecule has 0 aromatic heterocycles. The SMILES string of the molecule is CC(=O)N[C@](CS)(CCCCO)C(=O)O. The molecule has 0 fully saturated rings. The molecule has 1 amide bonds. The summed E-state index contributed by atoms with van der Waals surface area (Å²) in [6, 6.07) is 0. The number of amides is 1. The first-order chi connectivity index (χ1) is 6.98. The molecule has 0 heterocycles. The molecule has 1 atom stereocenters. The molecule has 0 aliphatic carbocycles. The molecule has 3 N–H and O–H groups in total. The van der Waals surface area contributed by atoms with Crippen molar-refractivity contribution in [2.75, 3.05) is 12.4 Å². The number of rotatable bonds is 7. The van der Waals surface area contributed by atoms with Gasteiger partial charge >= 0.3 is 5.97 Å². The second kappa shape index (κ2) is 6.68. The molecule has 15 heavy (non-hydrogen) atoms. The number of aliphatic hydroxyl groups is 1. The molecule has 0 unspecified atom stereocenters. The lowest BCUT2D eigenvalue weighted by Gasteiger charge is -2.28. The Morgan fingerprint density at radius 1 is 1.40 bits per heavy atom. The summed E-state index contributed by atoms with van der Waals surface area (Å²) in [4.78, 5) is 22.0. The fraction of sp³-hybridized carbons (Fsp3) is 0.778. The zero-order chi connectivity index (χ0) is 11.9. The number of aliphatic carboxylic acids is 1. The van der Waals surface area contributed by atoms with Gasteiger partial charge in [-0.15, -0.1) is 0 Å². The van der Waals surface area contributed by atoms with E-state index in [1.165, 1.54) is 6.92 Å². The topological polar surface area (TPSA) is 86.6 Å². The molecule has 0 saturated heterocycles. The largest absolute Gasteiger partial charge is 0.479 e. The van der Waals surface area contributed by atoms with E-state index in [1.54, 1.807) is 0 Å². The number of carbonyl (C=O) groups is 2. The van der Waals surface area contributed by atoms with Gasteiger partial charge in [0.15, 0.2) is 0 Å². The van der Waals surface area contributed by atoms with E-state index >= 15 is 0 Å². The van der Waals surface area contributed by atoms with Crippen LogP contribution in [0.1, 0.15) is 26.2 Å². The third-order valence-electron chi connectivity index (χ3n) is 2.11. The standard InChI is InChI=1S/C9H17NO4S/c1-7(12)10-9(6-15,8(13)14)4-2-3-5-11/h11,15H,2-6H2,1H3,(H,10,12)(H,13,14)/t9-/m0/s1. The number of nitrogens with one attached hydrogen (secondary N) is 1. The summed E-state index contributed by atoms with van der Waals surface area (Å²) in [5.74, 6) is -1.45. The molecule has 5 nitrogen and oxygen atoms in total. The van der Waals surface area contributed by atoms with Gasteiger partial charge in [-0.05, 0) is 19.3 Å². The van der Waals surface area contributed by atoms with Gasteiger partial charge < -0.3 is 15.5 Å². The number of hydrogen-bond acceptors (Lipinski definition) is 4. The quantitative estimate of drug-likeness (QED) is 0.370. The number of carboxylic acids is 1. The summed E-state index contributed by atoms with van der Waals surface area (Å²) in [6.07, 6.45) is 1.32. The summed E-state index contributed by atoms with van der Waals surface area (Å²) < 4.78 is 0. The van der Waals surface area contributed by atoms with Crippen molar-refractivity contribution >= 4 is 24.5 Å². The predicted molar refractivity (Wildman–Crippen MR) is 59.0 cm³/mol. The van der Waals surface area contributed by atoms with E-state index in [2.05, 4.69) is 17.9 Å². The summed E-state index contributed by atoms with van der Waals surface area (Å²) in [6.45, 7) is 1.29. The Labute approximate surface area is 94.3 Å². The molecular formula is C9H17NO4S. The second-order valence-electron chi connectivity index (χ2n) is 3.41. The highest BCUT2D eigenvalue weighted by molar-refractivity contribution is 7.80. The fourth-order valence-electron chi connectivity index (χ4n) is 1.28. The monoisotopic (exact) mass is 235 g/mol. The molecule has 0 spiro atoms. The first-order valence-electron chi connectivity index (χ1n) is 4.72. The highest BCUT2D eigenvalue weighted by atomic mass is 32.1. The van der Waals surface area contributed by atoms with Crippen LogP contribution in [0.5, 0.6) is 0 Å². The average molecular weight is 235 g/mol. The minimum atomic E-state index is -1.32. The van der Waals surface area contributed by atoms with Crippen molar-refractivity contribution < 1.29 is 19.8 Å². The molecule has 0 bridgehead atoms. The van der Waals surface area contributed by atoms with E-state index in [1.807, 2.05) is 0 Å². The first kappa shape index (κ1) is 14.2. The highest BCUT2D eigenvalue weighted by Gasteiger charge is 2.37. The van der Waals surface area contributed by atoms with E-state index in [-0.39, 0.29) is 18.8 Å². The van der Waals surface area contributed by atoms with Crippen LogP contribution < -0.4 is 5.32 Å². The van der Waals surface area contributed by atoms with Gasteiger partial charge in [0, 0.05) is 19.3 Å². The predicted octanol–water partition coefficient (Wildman–Crippen LogP) is 0.0383. The third-order valence-corrected chi connectivity index (χ3v) is 2.65. The van der Waals surface area contributed by atoms with Crippen LogP contribution in [0.4, 0.5) is 0 Å². The molecule has 0 radical (unpaired) electrons. The van der Waals surface area contributed by atoms with Gasteiger partial charge in [-0.25, -0.2) is 4.79 Å². The van der Waals surface area contributed by atoms with Gasteiger partial charge in [-0.2, -0.15) is 12.6 Å². The molecule has 6 heteroatoms. The number of thiol groups is 1. The molecule has 0 aromatic carbocycles. The maximum atomic E-state index is 11.1. The van der Waals surface area contributed by atoms with Gasteiger partial charge in [-0.3, -0.25) is 4.79 Å². The average Bonchev–Trinajstić information content (AvgIpc) is 2.15. The van der Waals surface area contributed by atoms with Crippen LogP contribution in [-0.2, 0) is 9.59 Å². The van der Waals surface area contributed by atoms with Crippen molar-refractivity contribution in [3.8, 4) is 0 Å². The maximum Gasteiger partial charge on any atom is 0.330 e. The zero-order valence-corrected chi connectivity index (χ0v) is 9.59. The number of carboxylic acid groups (broad SMARTS) is 1. The Hall–Kier alpha value is -0.750. The first-order valence-corrected chi connectivity index (χ1v) is 5.35. The molecule has 0 aliphatic rings. The van der Waals surface area contributed by atoms with E-state index < -0.39 is 17.4 Å². The number of hydrogen-bond donors (Lipinski definition) is 4. The molecule has 0 rings (SSSR count). The van der Waals surface area contributed by atoms with E-state index in [4.69, 9.17) is 10.2 Å². The lowest BCUT2D eigenvalue weighted by Crippen LogP contribution is -2.55. The summed E-state index contributed by atoms with van der Waals surface area (Å²) in [7, 11) is 0. The molecule has 0 aromatic rings. The van der Waals surface area contributed by atoms with Crippen LogP contribution >= 0.6 is 12.6 Å². The fourth-order valence-corrected chi connectivity index (χ4v) is 1.66. The second-order valence-corrected chi connectivity index (χ2v) is 3.72. The molecule has 0 saturated carbocycles. The summed E-state index contributed by atoms with van der Waals surface area (Å²) in [5.41, 5.74) is -1.32. The Bertz CT molecular complexity index is 234. The van der Waals surface area contributed by atoms with E-state index in [0.29, 0.717) is 12.8 Å². The minimum absolute atomic E-state index is 0.0162. The van der Waals surface area contributed by atoms with Crippen LogP contribution in [0.2, 0.25) is 0 Å². The molecule has 88 valence electrons. The van der Waals surface area contributed by atoms with Crippen LogP contribution in [0, 0.1) is 0 Å². The maximum absolute atomic E-state index is 11.1. The third kappa shape index (κ3) is 4.53. The van der Waals surface area contributed by atoms with Crippen molar-refractivity contribution in [1.82, 2.24) is 5.32 Å². The van der Waals surface area contributed by atoms with Crippen molar-refractivity contribution in [3.05, 3.63) is 0 Å². The number of aliphatic hydroxyl groups excluding tert-OH is 1. The zero-order valence-electron chi connectivity index (χ0n) is 8.69. The van der Waals surface area contributed by atoms with Crippen molar-refractivity contribution in [2.45, 2.75) is 31.7 Å². The van der Waals surface area contributed by atoms with Gasteiger partial charge in [0.25, 0.3) is 0 Å². The van der Waals surface area contributed by atoms with Crippen LogP contribution in [0.3, 0.4) is 0 Å². The Kier molecular flexibility index (Phi) is 6.35. The lowest BCUT2D eigenvalue weighted by molar-refractivity contribution is -0.146.